The lowest BCUT2D eigenvalue weighted by molar-refractivity contribution is 0.0939. The van der Waals surface area contributed by atoms with Crippen molar-refractivity contribution in [3.63, 3.8) is 0 Å². The van der Waals surface area contributed by atoms with Crippen LogP contribution in [0, 0.1) is 0 Å². The molecule has 23 heavy (non-hydrogen) atoms. The largest absolute Gasteiger partial charge is 0.493 e. The highest BCUT2D eigenvalue weighted by molar-refractivity contribution is 5.94. The Kier molecular flexibility index (Phi) is 6.05. The summed E-state index contributed by atoms with van der Waals surface area (Å²) in [6.07, 6.45) is 2.88. The van der Waals surface area contributed by atoms with Crippen molar-refractivity contribution in [3.05, 3.63) is 47.9 Å². The van der Waals surface area contributed by atoms with Gasteiger partial charge in [-0.3, -0.25) is 4.79 Å². The van der Waals surface area contributed by atoms with Crippen LogP contribution in [0.15, 0.2) is 41.2 Å². The minimum atomic E-state index is -0.189. The standard InChI is InChI=1S/C17H21NO5/c1-12(18-17(19)14-6-7-22-11-14)13-4-5-15(16(10-13)21-3)23-9-8-20-2/h4-7,10-12H,8-9H2,1-3H3,(H,18,19)/t12-/m1/s1. The normalized spacial score (nSPS) is 11.8. The molecule has 6 nitrogen and oxygen atoms in total. The molecule has 1 aromatic heterocycles. The summed E-state index contributed by atoms with van der Waals surface area (Å²) in [4.78, 5) is 12.0. The van der Waals surface area contributed by atoms with Crippen molar-refractivity contribution in [2.75, 3.05) is 27.4 Å². The molecule has 0 bridgehead atoms. The van der Waals surface area contributed by atoms with Gasteiger partial charge >= 0.3 is 0 Å². The summed E-state index contributed by atoms with van der Waals surface area (Å²) in [5, 5.41) is 2.91. The Hall–Kier alpha value is -2.47. The maximum Gasteiger partial charge on any atom is 0.255 e. The van der Waals surface area contributed by atoms with Crippen LogP contribution in [-0.4, -0.2) is 33.3 Å². The van der Waals surface area contributed by atoms with Gasteiger partial charge in [-0.1, -0.05) is 6.07 Å². The second-order valence-electron chi connectivity index (χ2n) is 4.96. The molecule has 0 aliphatic carbocycles. The van der Waals surface area contributed by atoms with E-state index < -0.39 is 0 Å². The Bertz CT molecular complexity index is 624. The number of methoxy groups -OCH3 is 2. The molecule has 124 valence electrons. The molecule has 0 saturated heterocycles. The van der Waals surface area contributed by atoms with E-state index in [1.165, 1.54) is 12.5 Å². The van der Waals surface area contributed by atoms with E-state index in [0.29, 0.717) is 30.3 Å². The van der Waals surface area contributed by atoms with Crippen molar-refractivity contribution < 1.29 is 23.4 Å². The fourth-order valence-corrected chi connectivity index (χ4v) is 2.06. The predicted octanol–water partition coefficient (Wildman–Crippen LogP) is 2.80. The van der Waals surface area contributed by atoms with Gasteiger partial charge in [0.15, 0.2) is 11.5 Å². The van der Waals surface area contributed by atoms with E-state index in [0.717, 1.165) is 5.56 Å². The molecule has 1 aromatic carbocycles. The topological polar surface area (TPSA) is 69.9 Å². The third kappa shape index (κ3) is 4.50. The number of amides is 1. The van der Waals surface area contributed by atoms with Crippen LogP contribution in [0.2, 0.25) is 0 Å². The average molecular weight is 319 g/mol. The fourth-order valence-electron chi connectivity index (χ4n) is 2.06. The van der Waals surface area contributed by atoms with Crippen molar-refractivity contribution >= 4 is 5.91 Å². The molecule has 2 aromatic rings. The first-order valence-corrected chi connectivity index (χ1v) is 7.28. The predicted molar refractivity (Wildman–Crippen MR) is 85.0 cm³/mol. The van der Waals surface area contributed by atoms with E-state index in [-0.39, 0.29) is 11.9 Å². The molecule has 1 N–H and O–H groups in total. The quantitative estimate of drug-likeness (QED) is 0.758. The number of hydrogen-bond acceptors (Lipinski definition) is 5. The van der Waals surface area contributed by atoms with Crippen LogP contribution in [0.3, 0.4) is 0 Å². The fraction of sp³-hybridized carbons (Fsp3) is 0.353. The summed E-state index contributed by atoms with van der Waals surface area (Å²) in [5.74, 6) is 1.07. The van der Waals surface area contributed by atoms with Gasteiger partial charge in [-0.05, 0) is 30.7 Å². The summed E-state index contributed by atoms with van der Waals surface area (Å²) >= 11 is 0. The monoisotopic (exact) mass is 319 g/mol. The van der Waals surface area contributed by atoms with Gasteiger partial charge in [0.2, 0.25) is 0 Å². The highest BCUT2D eigenvalue weighted by Gasteiger charge is 2.14. The Morgan fingerprint density at radius 3 is 2.70 bits per heavy atom. The first kappa shape index (κ1) is 16.9. The van der Waals surface area contributed by atoms with E-state index in [4.69, 9.17) is 18.6 Å². The summed E-state index contributed by atoms with van der Waals surface area (Å²) in [5.41, 5.74) is 1.40. The molecule has 0 spiro atoms. The van der Waals surface area contributed by atoms with Crippen molar-refractivity contribution in [1.29, 1.82) is 0 Å². The minimum absolute atomic E-state index is 0.181. The molecule has 0 radical (unpaired) electrons. The van der Waals surface area contributed by atoms with Crippen LogP contribution in [0.25, 0.3) is 0 Å². The molecule has 1 heterocycles. The van der Waals surface area contributed by atoms with Gasteiger partial charge < -0.3 is 23.9 Å². The molecular weight excluding hydrogens is 298 g/mol. The van der Waals surface area contributed by atoms with E-state index in [1.807, 2.05) is 25.1 Å². The lowest BCUT2D eigenvalue weighted by Gasteiger charge is -2.17. The molecule has 6 heteroatoms. The maximum atomic E-state index is 12.0. The van der Waals surface area contributed by atoms with Crippen LogP contribution in [0.4, 0.5) is 0 Å². The number of carbonyl (C=O) groups excluding carboxylic acids is 1. The van der Waals surface area contributed by atoms with Gasteiger partial charge in [0.1, 0.15) is 12.9 Å². The smallest absolute Gasteiger partial charge is 0.255 e. The second kappa shape index (κ2) is 8.24. The average Bonchev–Trinajstić information content (AvgIpc) is 3.09. The number of rotatable bonds is 8. The third-order valence-corrected chi connectivity index (χ3v) is 3.36. The molecular formula is C17H21NO5. The molecule has 0 saturated carbocycles. The van der Waals surface area contributed by atoms with Crippen LogP contribution in [-0.2, 0) is 4.74 Å². The van der Waals surface area contributed by atoms with Gasteiger partial charge in [-0.25, -0.2) is 0 Å². The third-order valence-electron chi connectivity index (χ3n) is 3.36. The Balaban J connectivity index is 2.05. The lowest BCUT2D eigenvalue weighted by atomic mass is 10.1. The van der Waals surface area contributed by atoms with E-state index >= 15 is 0 Å². The molecule has 1 atom stereocenters. The molecule has 0 fully saturated rings. The highest BCUT2D eigenvalue weighted by atomic mass is 16.5. The van der Waals surface area contributed by atoms with Crippen molar-refractivity contribution in [3.8, 4) is 11.5 Å². The van der Waals surface area contributed by atoms with Gasteiger partial charge in [0, 0.05) is 7.11 Å². The Labute approximate surface area is 135 Å². The van der Waals surface area contributed by atoms with Crippen molar-refractivity contribution in [1.82, 2.24) is 5.32 Å². The van der Waals surface area contributed by atoms with Crippen LogP contribution in [0.1, 0.15) is 28.9 Å². The van der Waals surface area contributed by atoms with Crippen LogP contribution in [0.5, 0.6) is 11.5 Å². The molecule has 0 aliphatic heterocycles. The number of ether oxygens (including phenoxy) is 3. The second-order valence-corrected chi connectivity index (χ2v) is 4.96. The summed E-state index contributed by atoms with van der Waals surface area (Å²) in [7, 11) is 3.20. The van der Waals surface area contributed by atoms with Gasteiger partial charge in [0.25, 0.3) is 5.91 Å². The molecule has 2 rings (SSSR count). The highest BCUT2D eigenvalue weighted by Crippen LogP contribution is 2.30. The van der Waals surface area contributed by atoms with Crippen LogP contribution >= 0.6 is 0 Å². The zero-order chi connectivity index (χ0) is 16.7. The number of furan rings is 1. The summed E-state index contributed by atoms with van der Waals surface area (Å²) in [6.45, 7) is 2.85. The van der Waals surface area contributed by atoms with Gasteiger partial charge in [-0.2, -0.15) is 0 Å². The van der Waals surface area contributed by atoms with E-state index in [1.54, 1.807) is 20.3 Å². The number of carbonyl (C=O) groups is 1. The van der Waals surface area contributed by atoms with E-state index in [9.17, 15) is 4.79 Å². The number of benzene rings is 1. The molecule has 0 unspecified atom stereocenters. The first-order valence-electron chi connectivity index (χ1n) is 7.28. The Morgan fingerprint density at radius 1 is 1.22 bits per heavy atom. The lowest BCUT2D eigenvalue weighted by Crippen LogP contribution is -2.26. The van der Waals surface area contributed by atoms with Crippen molar-refractivity contribution in [2.45, 2.75) is 13.0 Å². The number of nitrogens with one attached hydrogen (secondary N) is 1. The Morgan fingerprint density at radius 2 is 2.04 bits per heavy atom. The van der Waals surface area contributed by atoms with Gasteiger partial charge in [-0.15, -0.1) is 0 Å². The molecule has 0 aliphatic rings. The molecule has 1 amide bonds. The zero-order valence-corrected chi connectivity index (χ0v) is 13.5. The number of hydrogen-bond donors (Lipinski definition) is 1. The van der Waals surface area contributed by atoms with Crippen LogP contribution < -0.4 is 14.8 Å². The SMILES string of the molecule is COCCOc1ccc([C@@H](C)NC(=O)c2ccoc2)cc1OC. The first-order chi connectivity index (χ1) is 11.2. The van der Waals surface area contributed by atoms with Crippen molar-refractivity contribution in [2.24, 2.45) is 0 Å². The summed E-state index contributed by atoms with van der Waals surface area (Å²) in [6, 6.07) is 7.01. The van der Waals surface area contributed by atoms with E-state index in [2.05, 4.69) is 5.32 Å². The maximum absolute atomic E-state index is 12.0. The van der Waals surface area contributed by atoms with Gasteiger partial charge in [0.05, 0.1) is 31.6 Å². The minimum Gasteiger partial charge on any atom is -0.493 e. The summed E-state index contributed by atoms with van der Waals surface area (Å²) < 4.78 is 20.8. The zero-order valence-electron chi connectivity index (χ0n) is 13.5.